The van der Waals surface area contributed by atoms with Crippen LogP contribution in [0.3, 0.4) is 0 Å². The van der Waals surface area contributed by atoms with Crippen LogP contribution in [0.4, 0.5) is 5.00 Å². The van der Waals surface area contributed by atoms with Gasteiger partial charge in [0, 0.05) is 6.20 Å². The zero-order valence-electron chi connectivity index (χ0n) is 9.48. The van der Waals surface area contributed by atoms with Gasteiger partial charge in [0.15, 0.2) is 5.65 Å². The number of hydrogen-bond donors (Lipinski definition) is 2. The van der Waals surface area contributed by atoms with E-state index in [0.29, 0.717) is 10.6 Å². The molecule has 3 heterocycles. The lowest BCUT2D eigenvalue weighted by molar-refractivity contribution is 1.27. The monoisotopic (exact) mass is 245 g/mol. The van der Waals surface area contributed by atoms with Crippen LogP contribution in [-0.2, 0) is 0 Å². The summed E-state index contributed by atoms with van der Waals surface area (Å²) in [5, 5.41) is 0.680. The maximum Gasteiger partial charge on any atom is 0.178 e. The number of rotatable bonds is 1. The first-order valence-electron chi connectivity index (χ1n) is 5.20. The second-order valence-corrected chi connectivity index (χ2v) is 4.72. The molecule has 0 unspecified atom stereocenters. The predicted molar refractivity (Wildman–Crippen MR) is 68.9 cm³/mol. The normalized spacial score (nSPS) is 11.2. The van der Waals surface area contributed by atoms with Crippen LogP contribution >= 0.6 is 11.5 Å². The van der Waals surface area contributed by atoms with Crippen molar-refractivity contribution in [1.29, 1.82) is 0 Å². The standard InChI is InChI=1S/C11H11N5S/c1-5-3-4-13-11-8(5)14-10(15-11)7-6(2)16-17-9(7)12/h3-4H,12H2,1-2H3,(H,13,14,15). The number of nitrogens with one attached hydrogen (secondary N) is 1. The second-order valence-electron chi connectivity index (χ2n) is 3.92. The Morgan fingerprint density at radius 3 is 2.82 bits per heavy atom. The van der Waals surface area contributed by atoms with E-state index in [2.05, 4.69) is 19.3 Å². The Kier molecular flexibility index (Phi) is 2.12. The molecule has 3 aromatic rings. The van der Waals surface area contributed by atoms with Crippen molar-refractivity contribution in [2.45, 2.75) is 13.8 Å². The highest BCUT2D eigenvalue weighted by atomic mass is 32.1. The number of nitrogens with two attached hydrogens (primary N) is 1. The van der Waals surface area contributed by atoms with Crippen LogP contribution < -0.4 is 5.73 Å². The Balaban J connectivity index is 2.29. The van der Waals surface area contributed by atoms with Crippen molar-refractivity contribution in [3.63, 3.8) is 0 Å². The minimum Gasteiger partial charge on any atom is -0.389 e. The number of imidazole rings is 1. The molecule has 0 aliphatic carbocycles. The highest BCUT2D eigenvalue weighted by molar-refractivity contribution is 7.10. The molecule has 0 aliphatic rings. The topological polar surface area (TPSA) is 80.5 Å². The smallest absolute Gasteiger partial charge is 0.178 e. The molecule has 6 heteroatoms. The zero-order chi connectivity index (χ0) is 12.0. The number of pyridine rings is 1. The Hall–Kier alpha value is -1.95. The molecule has 3 aromatic heterocycles. The lowest BCUT2D eigenvalue weighted by Gasteiger charge is -1.94. The Morgan fingerprint density at radius 2 is 2.18 bits per heavy atom. The van der Waals surface area contributed by atoms with Crippen LogP contribution in [0.25, 0.3) is 22.6 Å². The van der Waals surface area contributed by atoms with E-state index in [0.717, 1.165) is 28.2 Å². The first-order valence-corrected chi connectivity index (χ1v) is 5.97. The Bertz CT molecular complexity index is 678. The number of nitrogens with zero attached hydrogens (tertiary/aromatic N) is 3. The van der Waals surface area contributed by atoms with Gasteiger partial charge in [0.05, 0.1) is 16.8 Å². The molecule has 86 valence electrons. The highest BCUT2D eigenvalue weighted by Gasteiger charge is 2.15. The quantitative estimate of drug-likeness (QED) is 0.689. The van der Waals surface area contributed by atoms with Gasteiger partial charge in [-0.1, -0.05) is 0 Å². The van der Waals surface area contributed by atoms with Crippen molar-refractivity contribution in [3.8, 4) is 11.4 Å². The van der Waals surface area contributed by atoms with E-state index in [-0.39, 0.29) is 0 Å². The molecular formula is C11H11N5S. The van der Waals surface area contributed by atoms with Gasteiger partial charge in [-0.15, -0.1) is 0 Å². The maximum absolute atomic E-state index is 5.91. The van der Waals surface area contributed by atoms with Crippen molar-refractivity contribution < 1.29 is 0 Å². The van der Waals surface area contributed by atoms with Crippen LogP contribution in [0.1, 0.15) is 11.3 Å². The van der Waals surface area contributed by atoms with E-state index in [1.54, 1.807) is 6.20 Å². The van der Waals surface area contributed by atoms with E-state index in [4.69, 9.17) is 5.73 Å². The van der Waals surface area contributed by atoms with Crippen molar-refractivity contribution in [3.05, 3.63) is 23.5 Å². The van der Waals surface area contributed by atoms with Gasteiger partial charge in [-0.2, -0.15) is 4.37 Å². The third-order valence-corrected chi connectivity index (χ3v) is 3.49. The summed E-state index contributed by atoms with van der Waals surface area (Å²) in [4.78, 5) is 12.0. The molecule has 0 atom stereocenters. The molecule has 17 heavy (non-hydrogen) atoms. The Morgan fingerprint density at radius 1 is 1.35 bits per heavy atom. The van der Waals surface area contributed by atoms with Crippen molar-refractivity contribution in [2.24, 2.45) is 0 Å². The number of H-pyrrole nitrogens is 1. The third kappa shape index (κ3) is 1.49. The van der Waals surface area contributed by atoms with E-state index in [1.165, 1.54) is 11.5 Å². The molecule has 0 amide bonds. The lowest BCUT2D eigenvalue weighted by atomic mass is 10.2. The van der Waals surface area contributed by atoms with Crippen molar-refractivity contribution in [2.75, 3.05) is 5.73 Å². The van der Waals surface area contributed by atoms with Gasteiger partial charge in [0.25, 0.3) is 0 Å². The third-order valence-electron chi connectivity index (χ3n) is 2.73. The first-order chi connectivity index (χ1) is 8.16. The molecule has 5 nitrogen and oxygen atoms in total. The van der Waals surface area contributed by atoms with Gasteiger partial charge in [0.1, 0.15) is 10.8 Å². The number of aryl methyl sites for hydroxylation is 2. The number of hydrogen-bond acceptors (Lipinski definition) is 5. The molecule has 0 bridgehead atoms. The molecular weight excluding hydrogens is 234 g/mol. The van der Waals surface area contributed by atoms with Crippen LogP contribution in [0.2, 0.25) is 0 Å². The van der Waals surface area contributed by atoms with E-state index in [1.807, 2.05) is 19.9 Å². The number of anilines is 1. The summed E-state index contributed by atoms with van der Waals surface area (Å²) in [5.74, 6) is 0.741. The highest BCUT2D eigenvalue weighted by Crippen LogP contribution is 2.31. The minimum atomic E-state index is 0.680. The molecule has 0 saturated carbocycles. The van der Waals surface area contributed by atoms with Crippen LogP contribution in [0, 0.1) is 13.8 Å². The average molecular weight is 245 g/mol. The fraction of sp³-hybridized carbons (Fsp3) is 0.182. The zero-order valence-corrected chi connectivity index (χ0v) is 10.3. The van der Waals surface area contributed by atoms with Crippen LogP contribution in [0.15, 0.2) is 12.3 Å². The molecule has 0 saturated heterocycles. The molecule has 0 fully saturated rings. The van der Waals surface area contributed by atoms with Gasteiger partial charge >= 0.3 is 0 Å². The number of nitrogen functional groups attached to an aromatic ring is 1. The summed E-state index contributed by atoms with van der Waals surface area (Å²) >= 11 is 1.29. The molecule has 0 radical (unpaired) electrons. The maximum atomic E-state index is 5.91. The van der Waals surface area contributed by atoms with Crippen LogP contribution in [0.5, 0.6) is 0 Å². The number of aromatic amines is 1. The average Bonchev–Trinajstić information content (AvgIpc) is 2.84. The number of fused-ring (bicyclic) bond motifs is 1. The van der Waals surface area contributed by atoms with Gasteiger partial charge in [-0.05, 0) is 37.0 Å². The van der Waals surface area contributed by atoms with E-state index >= 15 is 0 Å². The molecule has 0 spiro atoms. The van der Waals surface area contributed by atoms with Crippen LogP contribution in [-0.4, -0.2) is 19.3 Å². The van der Waals surface area contributed by atoms with E-state index in [9.17, 15) is 0 Å². The largest absolute Gasteiger partial charge is 0.389 e. The van der Waals surface area contributed by atoms with E-state index < -0.39 is 0 Å². The fourth-order valence-electron chi connectivity index (χ4n) is 1.83. The summed E-state index contributed by atoms with van der Waals surface area (Å²) in [5.41, 5.74) is 10.5. The Labute approximate surface area is 102 Å². The predicted octanol–water partition coefficient (Wildman–Crippen LogP) is 2.28. The molecule has 3 N–H and O–H groups in total. The van der Waals surface area contributed by atoms with Gasteiger partial charge in [-0.25, -0.2) is 9.97 Å². The molecule has 0 aromatic carbocycles. The lowest BCUT2D eigenvalue weighted by Crippen LogP contribution is -1.87. The first kappa shape index (κ1) is 10.2. The summed E-state index contributed by atoms with van der Waals surface area (Å²) in [6, 6.07) is 1.95. The summed E-state index contributed by atoms with van der Waals surface area (Å²) in [7, 11) is 0. The SMILES string of the molecule is Cc1nsc(N)c1-c1nc2nccc(C)c2[nH]1. The summed E-state index contributed by atoms with van der Waals surface area (Å²) < 4.78 is 4.22. The minimum absolute atomic E-state index is 0.680. The number of aromatic nitrogens is 4. The van der Waals surface area contributed by atoms with Gasteiger partial charge < -0.3 is 10.7 Å². The molecule has 0 aliphatic heterocycles. The fourth-order valence-corrected chi connectivity index (χ4v) is 2.49. The summed E-state index contributed by atoms with van der Waals surface area (Å²) in [6.07, 6.45) is 1.75. The van der Waals surface area contributed by atoms with Crippen molar-refractivity contribution >= 4 is 27.7 Å². The summed E-state index contributed by atoms with van der Waals surface area (Å²) in [6.45, 7) is 3.95. The van der Waals surface area contributed by atoms with Gasteiger partial charge in [0.2, 0.25) is 0 Å². The van der Waals surface area contributed by atoms with Gasteiger partial charge in [-0.3, -0.25) is 0 Å². The van der Waals surface area contributed by atoms with Crippen molar-refractivity contribution in [1.82, 2.24) is 19.3 Å². The second kappa shape index (κ2) is 3.53. The molecule has 3 rings (SSSR count).